The molecule has 1 aromatic heterocycles. The van der Waals surface area contributed by atoms with Crippen molar-refractivity contribution in [2.75, 3.05) is 20.1 Å². The number of aryl methyl sites for hydroxylation is 1. The van der Waals surface area contributed by atoms with Gasteiger partial charge in [-0.3, -0.25) is 9.67 Å². The first-order chi connectivity index (χ1) is 14.5. The topological polar surface area (TPSA) is 54.7 Å². The highest BCUT2D eigenvalue weighted by molar-refractivity contribution is 5.80. The molecule has 1 fully saturated rings. The van der Waals surface area contributed by atoms with Gasteiger partial charge in [0.15, 0.2) is 5.96 Å². The summed E-state index contributed by atoms with van der Waals surface area (Å²) in [6.07, 6.45) is 0.332. The van der Waals surface area contributed by atoms with Gasteiger partial charge in [0.2, 0.25) is 0 Å². The lowest BCUT2D eigenvalue weighted by Gasteiger charge is -2.24. The molecule has 0 saturated carbocycles. The van der Waals surface area contributed by atoms with Crippen LogP contribution in [0.2, 0.25) is 0 Å². The fourth-order valence-corrected chi connectivity index (χ4v) is 3.77. The molecule has 0 bridgehead atoms. The third kappa shape index (κ3) is 5.92. The van der Waals surface area contributed by atoms with Gasteiger partial charge in [0.25, 0.3) is 0 Å². The number of likely N-dealkylation sites (tertiary alicyclic amines) is 1. The summed E-state index contributed by atoms with van der Waals surface area (Å²) >= 11 is 0. The van der Waals surface area contributed by atoms with E-state index in [0.717, 1.165) is 31.1 Å². The molecule has 2 heterocycles. The maximum Gasteiger partial charge on any atom is 0.416 e. The highest BCUT2D eigenvalue weighted by Crippen LogP contribution is 2.35. The number of aliphatic imine (C=N–C) groups is 1. The molecule has 2 aromatic rings. The zero-order valence-corrected chi connectivity index (χ0v) is 18.6. The second-order valence-electron chi connectivity index (χ2n) is 8.81. The largest absolute Gasteiger partial charge is 0.488 e. The van der Waals surface area contributed by atoms with Crippen LogP contribution in [0.1, 0.15) is 49.8 Å². The van der Waals surface area contributed by atoms with Crippen molar-refractivity contribution in [3.05, 3.63) is 47.3 Å². The van der Waals surface area contributed by atoms with Crippen molar-refractivity contribution >= 4 is 5.96 Å². The maximum atomic E-state index is 13.7. The summed E-state index contributed by atoms with van der Waals surface area (Å²) < 4.78 is 48.4. The monoisotopic (exact) mass is 437 g/mol. The number of halogens is 3. The highest BCUT2D eigenvalue weighted by atomic mass is 19.4. The Balaban J connectivity index is 1.70. The first-order valence-corrected chi connectivity index (χ1v) is 10.3. The Kier molecular flexibility index (Phi) is 6.52. The maximum absolute atomic E-state index is 13.7. The van der Waals surface area contributed by atoms with Crippen molar-refractivity contribution in [2.24, 2.45) is 12.0 Å². The van der Waals surface area contributed by atoms with Crippen molar-refractivity contribution in [3.8, 4) is 5.75 Å². The van der Waals surface area contributed by atoms with Crippen molar-refractivity contribution in [1.82, 2.24) is 20.0 Å². The number of hydrogen-bond acceptors (Lipinski definition) is 3. The van der Waals surface area contributed by atoms with Crippen LogP contribution in [0, 0.1) is 0 Å². The fraction of sp³-hybridized carbons (Fsp3) is 0.545. The summed E-state index contributed by atoms with van der Waals surface area (Å²) in [7, 11) is 3.53. The van der Waals surface area contributed by atoms with Gasteiger partial charge in [0.05, 0.1) is 11.8 Å². The van der Waals surface area contributed by atoms with Crippen molar-refractivity contribution in [2.45, 2.75) is 51.4 Å². The molecule has 9 heteroatoms. The molecule has 0 amide bonds. The molecular weight excluding hydrogens is 407 g/mol. The van der Waals surface area contributed by atoms with E-state index in [0.29, 0.717) is 11.9 Å². The number of aromatic nitrogens is 2. The minimum absolute atomic E-state index is 0.0192. The summed E-state index contributed by atoms with van der Waals surface area (Å²) in [4.78, 5) is 6.35. The van der Waals surface area contributed by atoms with Crippen molar-refractivity contribution in [3.63, 3.8) is 0 Å². The van der Waals surface area contributed by atoms with Crippen LogP contribution in [0.15, 0.2) is 35.6 Å². The predicted octanol–water partition coefficient (Wildman–Crippen LogP) is 4.18. The number of alkyl halides is 3. The predicted molar refractivity (Wildman–Crippen MR) is 114 cm³/mol. The summed E-state index contributed by atoms with van der Waals surface area (Å²) in [5.74, 6) is 1.12. The third-order valence-corrected chi connectivity index (χ3v) is 5.14. The quantitative estimate of drug-likeness (QED) is 0.576. The van der Waals surface area contributed by atoms with E-state index >= 15 is 0 Å². The molecule has 3 rings (SSSR count). The van der Waals surface area contributed by atoms with Gasteiger partial charge >= 0.3 is 6.18 Å². The minimum Gasteiger partial charge on any atom is -0.488 e. The van der Waals surface area contributed by atoms with E-state index in [1.807, 2.05) is 19.4 Å². The number of hydrogen-bond donors (Lipinski definition) is 1. The van der Waals surface area contributed by atoms with Crippen LogP contribution in [-0.2, 0) is 19.8 Å². The fourth-order valence-electron chi connectivity index (χ4n) is 3.77. The Morgan fingerprint density at radius 3 is 2.61 bits per heavy atom. The van der Waals surface area contributed by atoms with Gasteiger partial charge < -0.3 is 15.0 Å². The Bertz CT molecular complexity index is 930. The van der Waals surface area contributed by atoms with E-state index in [1.165, 1.54) is 6.07 Å². The molecule has 6 nitrogen and oxygen atoms in total. The van der Waals surface area contributed by atoms with Crippen LogP contribution < -0.4 is 10.1 Å². The highest BCUT2D eigenvalue weighted by Gasteiger charge is 2.34. The lowest BCUT2D eigenvalue weighted by Crippen LogP contribution is -2.39. The Morgan fingerprint density at radius 1 is 1.29 bits per heavy atom. The van der Waals surface area contributed by atoms with Crippen LogP contribution >= 0.6 is 0 Å². The van der Waals surface area contributed by atoms with E-state index in [-0.39, 0.29) is 17.9 Å². The Morgan fingerprint density at radius 2 is 2.03 bits per heavy atom. The number of rotatable bonds is 4. The van der Waals surface area contributed by atoms with Gasteiger partial charge in [0, 0.05) is 45.8 Å². The number of nitrogens with zero attached hydrogens (tertiary/aromatic N) is 4. The standard InChI is InChI=1S/C22H30F3N5O/c1-21(2,3)31-18-7-6-15(19(10-18)22(23,24)25)11-27-20(26-4)30-9-8-16(14-30)17-12-28-29(5)13-17/h6-7,10,12-13,16H,8-9,11,14H2,1-5H3,(H,26,27). The van der Waals surface area contributed by atoms with Crippen LogP contribution in [0.4, 0.5) is 13.2 Å². The van der Waals surface area contributed by atoms with Crippen molar-refractivity contribution < 1.29 is 17.9 Å². The zero-order chi connectivity index (χ0) is 22.8. The molecule has 1 N–H and O–H groups in total. The van der Waals surface area contributed by atoms with E-state index in [9.17, 15) is 13.2 Å². The molecule has 1 aliphatic rings. The molecule has 1 unspecified atom stereocenters. The lowest BCUT2D eigenvalue weighted by molar-refractivity contribution is -0.138. The smallest absolute Gasteiger partial charge is 0.416 e. The molecule has 0 aliphatic carbocycles. The number of benzene rings is 1. The average molecular weight is 438 g/mol. The van der Waals surface area contributed by atoms with Gasteiger partial charge in [0.1, 0.15) is 11.4 Å². The Hall–Kier alpha value is -2.71. The SMILES string of the molecule is CN=C(NCc1ccc(OC(C)(C)C)cc1C(F)(F)F)N1CCC(c2cnn(C)c2)C1. The minimum atomic E-state index is -4.48. The first-order valence-electron chi connectivity index (χ1n) is 10.3. The third-order valence-electron chi connectivity index (χ3n) is 5.14. The molecule has 31 heavy (non-hydrogen) atoms. The van der Waals surface area contributed by atoms with E-state index in [2.05, 4.69) is 20.3 Å². The van der Waals surface area contributed by atoms with E-state index < -0.39 is 17.3 Å². The lowest BCUT2D eigenvalue weighted by atomic mass is 10.0. The number of nitrogens with one attached hydrogen (secondary N) is 1. The molecule has 0 radical (unpaired) electrons. The molecule has 1 aliphatic heterocycles. The summed E-state index contributed by atoms with van der Waals surface area (Å²) in [5, 5.41) is 7.32. The van der Waals surface area contributed by atoms with Crippen LogP contribution in [0.3, 0.4) is 0 Å². The number of ether oxygens (including phenoxy) is 1. The normalized spacial score (nSPS) is 17.9. The summed E-state index contributed by atoms with van der Waals surface area (Å²) in [5.41, 5.74) is 0.0321. The Labute approximate surface area is 181 Å². The second-order valence-corrected chi connectivity index (χ2v) is 8.81. The van der Waals surface area contributed by atoms with Crippen LogP contribution in [0.5, 0.6) is 5.75 Å². The summed E-state index contributed by atoms with van der Waals surface area (Å²) in [6, 6.07) is 4.11. The van der Waals surface area contributed by atoms with Gasteiger partial charge in [-0.15, -0.1) is 0 Å². The van der Waals surface area contributed by atoms with E-state index in [1.54, 1.807) is 38.6 Å². The molecule has 1 atom stereocenters. The second kappa shape index (κ2) is 8.80. The van der Waals surface area contributed by atoms with Gasteiger partial charge in [-0.2, -0.15) is 18.3 Å². The van der Waals surface area contributed by atoms with Crippen LogP contribution in [-0.4, -0.2) is 46.4 Å². The van der Waals surface area contributed by atoms with Crippen LogP contribution in [0.25, 0.3) is 0 Å². The van der Waals surface area contributed by atoms with Gasteiger partial charge in [-0.1, -0.05) is 6.07 Å². The molecular formula is C22H30F3N5O. The van der Waals surface area contributed by atoms with Gasteiger partial charge in [-0.25, -0.2) is 0 Å². The van der Waals surface area contributed by atoms with E-state index in [4.69, 9.17) is 4.74 Å². The molecule has 1 aromatic carbocycles. The molecule has 170 valence electrons. The molecule has 0 spiro atoms. The van der Waals surface area contributed by atoms with Gasteiger partial charge in [-0.05, 0) is 50.5 Å². The first kappa shape index (κ1) is 23.0. The average Bonchev–Trinajstić information content (AvgIpc) is 3.30. The zero-order valence-electron chi connectivity index (χ0n) is 18.6. The molecule has 1 saturated heterocycles. The number of guanidine groups is 1. The summed E-state index contributed by atoms with van der Waals surface area (Å²) in [6.45, 7) is 6.95. The van der Waals surface area contributed by atoms with Crippen molar-refractivity contribution in [1.29, 1.82) is 0 Å².